The lowest BCUT2D eigenvalue weighted by Gasteiger charge is -2.14. The van der Waals surface area contributed by atoms with E-state index in [-0.39, 0.29) is 17.7 Å². The minimum Gasteiger partial charge on any atom is -0.434 e. The fraction of sp³-hybridized carbons (Fsp3) is 0.368. The van der Waals surface area contributed by atoms with Crippen molar-refractivity contribution in [3.63, 3.8) is 0 Å². The number of anilines is 1. The highest BCUT2D eigenvalue weighted by Crippen LogP contribution is 2.31. The minimum absolute atomic E-state index is 0.0605. The molecule has 1 aromatic heterocycles. The standard InChI is InChI=1S/C19H22ClN3O4/c1-5-6-10-26-19(25)27-18(24)23-17-21-15(13(4)16(20)22-17)14-11(2)8-7-9-12(14)3/h7-9H,5-6,10H2,1-4H3,(H,21,22,23,24). The third-order valence-corrected chi connectivity index (χ3v) is 4.28. The Morgan fingerprint density at radius 2 is 1.81 bits per heavy atom. The summed E-state index contributed by atoms with van der Waals surface area (Å²) in [7, 11) is 0. The molecule has 2 rings (SSSR count). The number of aryl methyl sites for hydroxylation is 2. The molecule has 1 aromatic carbocycles. The molecule has 1 amide bonds. The Morgan fingerprint density at radius 3 is 2.44 bits per heavy atom. The van der Waals surface area contributed by atoms with Gasteiger partial charge in [0, 0.05) is 11.1 Å². The van der Waals surface area contributed by atoms with Gasteiger partial charge in [-0.3, -0.25) is 5.32 Å². The van der Waals surface area contributed by atoms with Gasteiger partial charge in [-0.2, -0.15) is 0 Å². The average molecular weight is 392 g/mol. The summed E-state index contributed by atoms with van der Waals surface area (Å²) in [5, 5.41) is 2.51. The molecule has 2 aromatic rings. The molecule has 0 fully saturated rings. The van der Waals surface area contributed by atoms with Crippen LogP contribution in [0.5, 0.6) is 0 Å². The highest BCUT2D eigenvalue weighted by atomic mass is 35.5. The molecule has 27 heavy (non-hydrogen) atoms. The van der Waals surface area contributed by atoms with Gasteiger partial charge in [0.15, 0.2) is 0 Å². The fourth-order valence-electron chi connectivity index (χ4n) is 2.50. The molecule has 8 heteroatoms. The highest BCUT2D eigenvalue weighted by Gasteiger charge is 2.18. The van der Waals surface area contributed by atoms with Gasteiger partial charge in [0.25, 0.3) is 0 Å². The zero-order chi connectivity index (χ0) is 20.0. The molecule has 1 N–H and O–H groups in total. The molecule has 0 aliphatic rings. The number of ether oxygens (including phenoxy) is 2. The van der Waals surface area contributed by atoms with E-state index in [0.29, 0.717) is 17.7 Å². The number of aromatic nitrogens is 2. The van der Waals surface area contributed by atoms with Gasteiger partial charge in [0.05, 0.1) is 12.3 Å². The summed E-state index contributed by atoms with van der Waals surface area (Å²) in [4.78, 5) is 31.7. The van der Waals surface area contributed by atoms with Crippen LogP contribution < -0.4 is 5.32 Å². The normalized spacial score (nSPS) is 10.4. The first-order valence-electron chi connectivity index (χ1n) is 8.59. The number of hydrogen-bond donors (Lipinski definition) is 1. The number of carbonyl (C=O) groups excluding carboxylic acids is 2. The van der Waals surface area contributed by atoms with E-state index < -0.39 is 12.2 Å². The van der Waals surface area contributed by atoms with Crippen molar-refractivity contribution in [2.45, 2.75) is 40.5 Å². The van der Waals surface area contributed by atoms with Gasteiger partial charge in [-0.25, -0.2) is 19.6 Å². The maximum absolute atomic E-state index is 11.9. The lowest BCUT2D eigenvalue weighted by Crippen LogP contribution is -2.21. The van der Waals surface area contributed by atoms with Crippen LogP contribution in [0.3, 0.4) is 0 Å². The highest BCUT2D eigenvalue weighted by molar-refractivity contribution is 6.30. The van der Waals surface area contributed by atoms with Crippen LogP contribution in [0, 0.1) is 20.8 Å². The van der Waals surface area contributed by atoms with Crippen LogP contribution in [-0.4, -0.2) is 28.8 Å². The Morgan fingerprint density at radius 1 is 1.15 bits per heavy atom. The Kier molecular flexibility index (Phi) is 7.12. The topological polar surface area (TPSA) is 90.4 Å². The monoisotopic (exact) mass is 391 g/mol. The second-order valence-electron chi connectivity index (χ2n) is 6.04. The first-order chi connectivity index (χ1) is 12.8. The molecule has 0 bridgehead atoms. The molecule has 0 aliphatic heterocycles. The maximum atomic E-state index is 11.9. The van der Waals surface area contributed by atoms with E-state index in [1.165, 1.54) is 0 Å². The first-order valence-corrected chi connectivity index (χ1v) is 8.97. The lowest BCUT2D eigenvalue weighted by molar-refractivity contribution is 0.0786. The molecular weight excluding hydrogens is 370 g/mol. The summed E-state index contributed by atoms with van der Waals surface area (Å²) in [6, 6.07) is 5.88. The molecule has 0 unspecified atom stereocenters. The molecule has 0 spiro atoms. The van der Waals surface area contributed by atoms with E-state index in [1.807, 2.05) is 39.0 Å². The number of nitrogens with one attached hydrogen (secondary N) is 1. The molecule has 1 heterocycles. The molecule has 0 aliphatic carbocycles. The van der Waals surface area contributed by atoms with Crippen LogP contribution >= 0.6 is 11.6 Å². The summed E-state index contributed by atoms with van der Waals surface area (Å²) >= 11 is 6.21. The van der Waals surface area contributed by atoms with E-state index >= 15 is 0 Å². The summed E-state index contributed by atoms with van der Waals surface area (Å²) in [6.45, 7) is 7.87. The fourth-order valence-corrected chi connectivity index (χ4v) is 2.67. The Bertz CT molecular complexity index is 835. The second-order valence-corrected chi connectivity index (χ2v) is 6.40. The van der Waals surface area contributed by atoms with Gasteiger partial charge in [-0.1, -0.05) is 43.1 Å². The van der Waals surface area contributed by atoms with E-state index in [0.717, 1.165) is 23.1 Å². The van der Waals surface area contributed by atoms with Crippen LogP contribution in [0.4, 0.5) is 15.5 Å². The SMILES string of the molecule is CCCCOC(=O)OC(=O)Nc1nc(Cl)c(C)c(-c2c(C)cccc2C)n1. The van der Waals surface area contributed by atoms with E-state index in [2.05, 4.69) is 20.0 Å². The van der Waals surface area contributed by atoms with Gasteiger partial charge >= 0.3 is 12.2 Å². The molecular formula is C19H22ClN3O4. The predicted molar refractivity (Wildman–Crippen MR) is 103 cm³/mol. The van der Waals surface area contributed by atoms with E-state index in [1.54, 1.807) is 6.92 Å². The van der Waals surface area contributed by atoms with Crippen molar-refractivity contribution in [1.82, 2.24) is 9.97 Å². The average Bonchev–Trinajstić information content (AvgIpc) is 2.58. The number of carbonyl (C=O) groups is 2. The smallest absolute Gasteiger partial charge is 0.434 e. The van der Waals surface area contributed by atoms with E-state index in [4.69, 9.17) is 16.3 Å². The lowest BCUT2D eigenvalue weighted by atomic mass is 9.98. The van der Waals surface area contributed by atoms with Crippen LogP contribution in [0.25, 0.3) is 11.3 Å². The van der Waals surface area contributed by atoms with E-state index in [9.17, 15) is 9.59 Å². The number of rotatable bonds is 5. The summed E-state index contributed by atoms with van der Waals surface area (Å²) in [5.74, 6) is -0.0605. The van der Waals surface area contributed by atoms with Gasteiger partial charge in [0.2, 0.25) is 5.95 Å². The second kappa shape index (κ2) is 9.32. The van der Waals surface area contributed by atoms with Gasteiger partial charge in [0.1, 0.15) is 5.15 Å². The van der Waals surface area contributed by atoms with Crippen molar-refractivity contribution in [2.75, 3.05) is 11.9 Å². The number of halogens is 1. The number of benzene rings is 1. The van der Waals surface area contributed by atoms with Crippen molar-refractivity contribution in [1.29, 1.82) is 0 Å². The quantitative estimate of drug-likeness (QED) is 0.325. The van der Waals surface area contributed by atoms with Crippen LogP contribution in [0.1, 0.15) is 36.5 Å². The molecule has 0 saturated carbocycles. The van der Waals surface area contributed by atoms with Crippen LogP contribution in [0.2, 0.25) is 5.15 Å². The summed E-state index contributed by atoms with van der Waals surface area (Å²) in [6.07, 6.45) is -0.568. The Hall–Kier alpha value is -2.67. The van der Waals surface area contributed by atoms with Crippen LogP contribution in [-0.2, 0) is 9.47 Å². The van der Waals surface area contributed by atoms with Gasteiger partial charge < -0.3 is 9.47 Å². The van der Waals surface area contributed by atoms with Crippen molar-refractivity contribution in [3.8, 4) is 11.3 Å². The summed E-state index contributed by atoms with van der Waals surface area (Å²) < 4.78 is 9.30. The Labute approximate surface area is 163 Å². The summed E-state index contributed by atoms with van der Waals surface area (Å²) in [5.41, 5.74) is 4.23. The minimum atomic E-state index is -1.07. The van der Waals surface area contributed by atoms with Crippen molar-refractivity contribution in [2.24, 2.45) is 0 Å². The maximum Gasteiger partial charge on any atom is 0.517 e. The Balaban J connectivity index is 2.21. The van der Waals surface area contributed by atoms with Gasteiger partial charge in [-0.05, 0) is 38.3 Å². The molecule has 144 valence electrons. The van der Waals surface area contributed by atoms with Crippen LogP contribution in [0.15, 0.2) is 18.2 Å². The van der Waals surface area contributed by atoms with Crippen molar-refractivity contribution in [3.05, 3.63) is 40.0 Å². The molecule has 0 radical (unpaired) electrons. The zero-order valence-corrected chi connectivity index (χ0v) is 16.5. The molecule has 7 nitrogen and oxygen atoms in total. The molecule has 0 atom stereocenters. The number of amides is 1. The number of nitrogens with zero attached hydrogens (tertiary/aromatic N) is 2. The predicted octanol–water partition coefficient (Wildman–Crippen LogP) is 5.21. The zero-order valence-electron chi connectivity index (χ0n) is 15.8. The third kappa shape index (κ3) is 5.40. The number of unbranched alkanes of at least 4 members (excludes halogenated alkanes) is 1. The third-order valence-electron chi connectivity index (χ3n) is 3.91. The van der Waals surface area contributed by atoms with Crippen molar-refractivity contribution >= 4 is 29.8 Å². The van der Waals surface area contributed by atoms with Crippen molar-refractivity contribution < 1.29 is 19.1 Å². The molecule has 0 saturated heterocycles. The first kappa shape index (κ1) is 20.6. The van der Waals surface area contributed by atoms with Gasteiger partial charge in [-0.15, -0.1) is 0 Å². The largest absolute Gasteiger partial charge is 0.517 e. The number of hydrogen-bond acceptors (Lipinski definition) is 6.